The molecule has 1 fully saturated rings. The minimum absolute atomic E-state index is 0.284. The van der Waals surface area contributed by atoms with E-state index in [2.05, 4.69) is 25.7 Å². The highest BCUT2D eigenvalue weighted by Crippen LogP contribution is 2.21. The molecule has 3 heteroatoms. The highest BCUT2D eigenvalue weighted by atomic mass is 16.5. The zero-order chi connectivity index (χ0) is 11.3. The minimum atomic E-state index is 0.284. The maximum Gasteiger partial charge on any atom is 0.0597 e. The largest absolute Gasteiger partial charge is 0.395 e. The van der Waals surface area contributed by atoms with Gasteiger partial charge in [0.1, 0.15) is 0 Å². The molecule has 0 amide bonds. The van der Waals surface area contributed by atoms with Gasteiger partial charge in [0.25, 0.3) is 0 Å². The molecule has 2 unspecified atom stereocenters. The molecule has 0 aromatic carbocycles. The second kappa shape index (κ2) is 6.46. The smallest absolute Gasteiger partial charge is 0.0597 e. The average molecular weight is 215 g/mol. The number of hydrogen-bond acceptors (Lipinski definition) is 3. The standard InChI is InChI=1S/C12H25NO2/c1-10(2)15-8-7-13-11(3)5-4-6-12(13)9-14/h10-12,14H,4-9H2,1-3H3. The third kappa shape index (κ3) is 4.09. The van der Waals surface area contributed by atoms with Crippen molar-refractivity contribution < 1.29 is 9.84 Å². The van der Waals surface area contributed by atoms with Crippen molar-refractivity contribution in [1.82, 2.24) is 4.90 Å². The normalized spacial score (nSPS) is 28.6. The van der Waals surface area contributed by atoms with E-state index in [0.29, 0.717) is 18.2 Å². The van der Waals surface area contributed by atoms with Crippen molar-refractivity contribution in [2.75, 3.05) is 19.8 Å². The van der Waals surface area contributed by atoms with E-state index in [0.717, 1.165) is 19.6 Å². The molecule has 0 saturated carbocycles. The Balaban J connectivity index is 2.33. The lowest BCUT2D eigenvalue weighted by molar-refractivity contribution is 0.00604. The molecular weight excluding hydrogens is 190 g/mol. The van der Waals surface area contributed by atoms with Gasteiger partial charge in [-0.2, -0.15) is 0 Å². The third-order valence-corrected chi connectivity index (χ3v) is 3.21. The summed E-state index contributed by atoms with van der Waals surface area (Å²) in [5, 5.41) is 9.31. The number of piperidine rings is 1. The van der Waals surface area contributed by atoms with E-state index in [9.17, 15) is 5.11 Å². The van der Waals surface area contributed by atoms with Crippen LogP contribution in [0.3, 0.4) is 0 Å². The summed E-state index contributed by atoms with van der Waals surface area (Å²) in [4.78, 5) is 2.39. The molecule has 1 aliphatic heterocycles. The quantitative estimate of drug-likeness (QED) is 0.757. The molecule has 1 N–H and O–H groups in total. The number of nitrogens with zero attached hydrogens (tertiary/aromatic N) is 1. The van der Waals surface area contributed by atoms with E-state index < -0.39 is 0 Å². The van der Waals surface area contributed by atoms with Gasteiger partial charge >= 0.3 is 0 Å². The fourth-order valence-electron chi connectivity index (χ4n) is 2.33. The van der Waals surface area contributed by atoms with E-state index in [4.69, 9.17) is 4.74 Å². The summed E-state index contributed by atoms with van der Waals surface area (Å²) in [7, 11) is 0. The lowest BCUT2D eigenvalue weighted by Gasteiger charge is -2.39. The van der Waals surface area contributed by atoms with Gasteiger partial charge in [-0.15, -0.1) is 0 Å². The number of likely N-dealkylation sites (tertiary alicyclic amines) is 1. The highest BCUT2D eigenvalue weighted by Gasteiger charge is 2.26. The van der Waals surface area contributed by atoms with Crippen LogP contribution in [0.4, 0.5) is 0 Å². The minimum Gasteiger partial charge on any atom is -0.395 e. The number of ether oxygens (including phenoxy) is 1. The summed E-state index contributed by atoms with van der Waals surface area (Å²) in [6, 6.07) is 0.941. The van der Waals surface area contributed by atoms with Crippen molar-refractivity contribution in [3.63, 3.8) is 0 Å². The Hall–Kier alpha value is -0.120. The summed E-state index contributed by atoms with van der Waals surface area (Å²) in [5.74, 6) is 0. The van der Waals surface area contributed by atoms with E-state index in [1.54, 1.807) is 0 Å². The molecule has 1 heterocycles. The lowest BCUT2D eigenvalue weighted by Crippen LogP contribution is -2.48. The number of rotatable bonds is 5. The Labute approximate surface area is 93.4 Å². The van der Waals surface area contributed by atoms with Crippen molar-refractivity contribution in [3.8, 4) is 0 Å². The predicted molar refractivity (Wildman–Crippen MR) is 62.0 cm³/mol. The maximum absolute atomic E-state index is 9.31. The summed E-state index contributed by atoms with van der Waals surface area (Å²) in [5.41, 5.74) is 0. The van der Waals surface area contributed by atoms with E-state index in [-0.39, 0.29) is 6.61 Å². The lowest BCUT2D eigenvalue weighted by atomic mass is 9.97. The van der Waals surface area contributed by atoms with Gasteiger partial charge in [0.2, 0.25) is 0 Å². The fourth-order valence-corrected chi connectivity index (χ4v) is 2.33. The van der Waals surface area contributed by atoms with E-state index >= 15 is 0 Å². The Bertz CT molecular complexity index is 173. The van der Waals surface area contributed by atoms with Crippen molar-refractivity contribution in [3.05, 3.63) is 0 Å². The molecule has 1 saturated heterocycles. The van der Waals surface area contributed by atoms with Crippen LogP contribution in [0.5, 0.6) is 0 Å². The molecule has 0 spiro atoms. The van der Waals surface area contributed by atoms with Crippen LogP contribution < -0.4 is 0 Å². The molecule has 15 heavy (non-hydrogen) atoms. The van der Waals surface area contributed by atoms with E-state index in [1.165, 1.54) is 12.8 Å². The fraction of sp³-hybridized carbons (Fsp3) is 1.00. The first-order chi connectivity index (χ1) is 7.15. The van der Waals surface area contributed by atoms with E-state index in [1.807, 2.05) is 0 Å². The Morgan fingerprint density at radius 3 is 2.73 bits per heavy atom. The van der Waals surface area contributed by atoms with Crippen LogP contribution in [0.15, 0.2) is 0 Å². The zero-order valence-electron chi connectivity index (χ0n) is 10.3. The average Bonchev–Trinajstić information content (AvgIpc) is 2.20. The Morgan fingerprint density at radius 1 is 1.40 bits per heavy atom. The van der Waals surface area contributed by atoms with Crippen molar-refractivity contribution in [2.45, 2.75) is 58.2 Å². The Morgan fingerprint density at radius 2 is 2.13 bits per heavy atom. The van der Waals surface area contributed by atoms with Gasteiger partial charge in [0, 0.05) is 18.6 Å². The number of hydrogen-bond donors (Lipinski definition) is 1. The monoisotopic (exact) mass is 215 g/mol. The van der Waals surface area contributed by atoms with Crippen molar-refractivity contribution in [1.29, 1.82) is 0 Å². The summed E-state index contributed by atoms with van der Waals surface area (Å²) in [6.07, 6.45) is 3.92. The van der Waals surface area contributed by atoms with Gasteiger partial charge in [-0.1, -0.05) is 6.42 Å². The maximum atomic E-state index is 9.31. The van der Waals surface area contributed by atoms with Gasteiger partial charge in [0.15, 0.2) is 0 Å². The number of aliphatic hydroxyl groups excluding tert-OH is 1. The molecule has 90 valence electrons. The first-order valence-electron chi connectivity index (χ1n) is 6.13. The van der Waals surface area contributed by atoms with Gasteiger partial charge in [-0.3, -0.25) is 4.90 Å². The van der Waals surface area contributed by atoms with Crippen molar-refractivity contribution in [2.24, 2.45) is 0 Å². The van der Waals surface area contributed by atoms with Gasteiger partial charge in [-0.25, -0.2) is 0 Å². The highest BCUT2D eigenvalue weighted by molar-refractivity contribution is 4.81. The van der Waals surface area contributed by atoms with Crippen LogP contribution in [0.2, 0.25) is 0 Å². The molecule has 1 aliphatic rings. The first-order valence-corrected chi connectivity index (χ1v) is 6.13. The van der Waals surface area contributed by atoms with Crippen LogP contribution in [0, 0.1) is 0 Å². The van der Waals surface area contributed by atoms with Gasteiger partial charge in [-0.05, 0) is 33.6 Å². The second-order valence-corrected chi connectivity index (χ2v) is 4.77. The molecule has 2 atom stereocenters. The van der Waals surface area contributed by atoms with Crippen LogP contribution in [-0.4, -0.2) is 48.0 Å². The summed E-state index contributed by atoms with van der Waals surface area (Å²) in [6.45, 7) is 8.37. The molecule has 0 bridgehead atoms. The van der Waals surface area contributed by atoms with Gasteiger partial charge < -0.3 is 9.84 Å². The molecule has 0 aromatic rings. The zero-order valence-corrected chi connectivity index (χ0v) is 10.3. The molecule has 0 aliphatic carbocycles. The second-order valence-electron chi connectivity index (χ2n) is 4.77. The van der Waals surface area contributed by atoms with Crippen molar-refractivity contribution >= 4 is 0 Å². The van der Waals surface area contributed by atoms with Crippen LogP contribution in [0.1, 0.15) is 40.0 Å². The van der Waals surface area contributed by atoms with Crippen LogP contribution in [0.25, 0.3) is 0 Å². The van der Waals surface area contributed by atoms with Crippen LogP contribution in [-0.2, 0) is 4.74 Å². The molecule has 0 radical (unpaired) electrons. The first kappa shape index (κ1) is 12.9. The molecular formula is C12H25NO2. The Kier molecular flexibility index (Phi) is 5.58. The van der Waals surface area contributed by atoms with Crippen LogP contribution >= 0.6 is 0 Å². The molecule has 3 nitrogen and oxygen atoms in total. The summed E-state index contributed by atoms with van der Waals surface area (Å²) >= 11 is 0. The predicted octanol–water partition coefficient (Wildman–Crippen LogP) is 1.65. The molecule has 0 aromatic heterocycles. The number of aliphatic hydroxyl groups is 1. The van der Waals surface area contributed by atoms with Gasteiger partial charge in [0.05, 0.1) is 19.3 Å². The topological polar surface area (TPSA) is 32.7 Å². The third-order valence-electron chi connectivity index (χ3n) is 3.21. The molecule has 1 rings (SSSR count). The summed E-state index contributed by atoms with van der Waals surface area (Å²) < 4.78 is 5.56. The SMILES string of the molecule is CC(C)OCCN1C(C)CCCC1CO.